The van der Waals surface area contributed by atoms with Crippen molar-refractivity contribution >= 4 is 22.6 Å². The number of carbonyl (C=O) groups excluding carboxylic acids is 1. The maximum atomic E-state index is 12.1. The van der Waals surface area contributed by atoms with Crippen molar-refractivity contribution in [3.8, 4) is 11.5 Å². The molecule has 8 heteroatoms. The van der Waals surface area contributed by atoms with E-state index in [9.17, 15) is 19.7 Å². The summed E-state index contributed by atoms with van der Waals surface area (Å²) in [6, 6.07) is 3.99. The standard InChI is InChI=1S/C15H16N2O6/c1-3-4-7-22-13-11-6-5-10(17(20)21)8-12(11)16-15(19)14(13)23-9(2)18/h5-6,8H,3-4,7H2,1-2H3,(H,16,19). The molecule has 0 amide bonds. The second-order valence-corrected chi connectivity index (χ2v) is 4.90. The molecule has 1 aromatic heterocycles. The Balaban J connectivity index is 2.63. The molecule has 1 aromatic carbocycles. The Labute approximate surface area is 131 Å². The van der Waals surface area contributed by atoms with Gasteiger partial charge >= 0.3 is 5.97 Å². The molecule has 0 saturated heterocycles. The van der Waals surface area contributed by atoms with E-state index in [0.717, 1.165) is 12.8 Å². The van der Waals surface area contributed by atoms with Crippen LogP contribution in [0.25, 0.3) is 10.9 Å². The first-order valence-electron chi connectivity index (χ1n) is 7.09. The number of nitrogens with zero attached hydrogens (tertiary/aromatic N) is 1. The molecule has 2 rings (SSSR count). The Bertz CT molecular complexity index is 811. The van der Waals surface area contributed by atoms with Gasteiger partial charge in [-0.15, -0.1) is 0 Å². The highest BCUT2D eigenvalue weighted by Crippen LogP contribution is 2.33. The van der Waals surface area contributed by atoms with Crippen LogP contribution in [0, 0.1) is 10.1 Å². The predicted octanol–water partition coefficient (Wildman–Crippen LogP) is 2.54. The molecule has 1 N–H and O–H groups in total. The average Bonchev–Trinajstić information content (AvgIpc) is 2.49. The van der Waals surface area contributed by atoms with Gasteiger partial charge in [0, 0.05) is 24.4 Å². The number of fused-ring (bicyclic) bond motifs is 1. The number of rotatable bonds is 6. The van der Waals surface area contributed by atoms with Crippen LogP contribution in [-0.4, -0.2) is 22.5 Å². The first-order chi connectivity index (χ1) is 10.9. The van der Waals surface area contributed by atoms with Crippen LogP contribution in [0.1, 0.15) is 26.7 Å². The molecule has 0 spiro atoms. The molecule has 0 saturated carbocycles. The van der Waals surface area contributed by atoms with Crippen molar-refractivity contribution in [1.82, 2.24) is 4.98 Å². The highest BCUT2D eigenvalue weighted by molar-refractivity contribution is 5.89. The number of nitrogens with one attached hydrogen (secondary N) is 1. The maximum Gasteiger partial charge on any atom is 0.308 e. The molecule has 0 aliphatic carbocycles. The minimum absolute atomic E-state index is 0.113. The minimum Gasteiger partial charge on any atom is -0.489 e. The van der Waals surface area contributed by atoms with Gasteiger partial charge in [-0.1, -0.05) is 13.3 Å². The number of aromatic amines is 1. The lowest BCUT2D eigenvalue weighted by Crippen LogP contribution is -2.16. The van der Waals surface area contributed by atoms with E-state index < -0.39 is 16.5 Å². The topological polar surface area (TPSA) is 112 Å². The van der Waals surface area contributed by atoms with Gasteiger partial charge in [0.2, 0.25) is 5.75 Å². The molecule has 0 unspecified atom stereocenters. The number of ether oxygens (including phenoxy) is 2. The van der Waals surface area contributed by atoms with Crippen molar-refractivity contribution < 1.29 is 19.2 Å². The number of nitro groups is 1. The number of hydrogen-bond donors (Lipinski definition) is 1. The first kappa shape index (κ1) is 16.5. The second kappa shape index (κ2) is 6.91. The Morgan fingerprint density at radius 1 is 1.35 bits per heavy atom. The van der Waals surface area contributed by atoms with Gasteiger partial charge in [-0.05, 0) is 12.5 Å². The summed E-state index contributed by atoms with van der Waals surface area (Å²) in [6.45, 7) is 3.49. The SMILES string of the molecule is CCCCOc1c(OC(C)=O)c(=O)[nH]c2cc([N+](=O)[O-])ccc12. The number of hydrogen-bond acceptors (Lipinski definition) is 6. The maximum absolute atomic E-state index is 12.1. The molecular formula is C15H16N2O6. The highest BCUT2D eigenvalue weighted by atomic mass is 16.6. The number of benzene rings is 1. The Morgan fingerprint density at radius 2 is 2.09 bits per heavy atom. The number of non-ortho nitro benzene ring substituents is 1. The molecule has 0 fully saturated rings. The fourth-order valence-corrected chi connectivity index (χ4v) is 2.05. The van der Waals surface area contributed by atoms with Crippen LogP contribution in [0.5, 0.6) is 11.5 Å². The number of pyridine rings is 1. The number of aromatic nitrogens is 1. The lowest BCUT2D eigenvalue weighted by Gasteiger charge is -2.12. The van der Waals surface area contributed by atoms with E-state index in [1.54, 1.807) is 0 Å². The van der Waals surface area contributed by atoms with Crippen LogP contribution in [0.15, 0.2) is 23.0 Å². The van der Waals surface area contributed by atoms with Gasteiger partial charge in [0.1, 0.15) is 0 Å². The molecule has 1 heterocycles. The van der Waals surface area contributed by atoms with Crippen LogP contribution in [0.4, 0.5) is 5.69 Å². The van der Waals surface area contributed by atoms with Crippen molar-refractivity contribution in [2.75, 3.05) is 6.61 Å². The van der Waals surface area contributed by atoms with Crippen molar-refractivity contribution in [1.29, 1.82) is 0 Å². The van der Waals surface area contributed by atoms with Gasteiger partial charge in [0.25, 0.3) is 11.2 Å². The highest BCUT2D eigenvalue weighted by Gasteiger charge is 2.19. The fourth-order valence-electron chi connectivity index (χ4n) is 2.05. The summed E-state index contributed by atoms with van der Waals surface area (Å²) in [5, 5.41) is 11.3. The minimum atomic E-state index is -0.681. The third kappa shape index (κ3) is 3.65. The van der Waals surface area contributed by atoms with Crippen LogP contribution in [-0.2, 0) is 4.79 Å². The number of H-pyrrole nitrogens is 1. The van der Waals surface area contributed by atoms with Gasteiger partial charge in [-0.2, -0.15) is 0 Å². The van der Waals surface area contributed by atoms with Crippen molar-refractivity contribution in [3.63, 3.8) is 0 Å². The van der Waals surface area contributed by atoms with Crippen molar-refractivity contribution in [2.24, 2.45) is 0 Å². The Kier molecular flexibility index (Phi) is 4.95. The van der Waals surface area contributed by atoms with Crippen molar-refractivity contribution in [2.45, 2.75) is 26.7 Å². The first-order valence-corrected chi connectivity index (χ1v) is 7.09. The normalized spacial score (nSPS) is 10.5. The smallest absolute Gasteiger partial charge is 0.308 e. The van der Waals surface area contributed by atoms with Gasteiger partial charge < -0.3 is 14.5 Å². The summed E-state index contributed by atoms with van der Waals surface area (Å²) in [5.74, 6) is -0.783. The second-order valence-electron chi connectivity index (χ2n) is 4.90. The van der Waals surface area contributed by atoms with Crippen LogP contribution in [0.2, 0.25) is 0 Å². The van der Waals surface area contributed by atoms with E-state index in [-0.39, 0.29) is 22.7 Å². The van der Waals surface area contributed by atoms with Crippen molar-refractivity contribution in [3.05, 3.63) is 38.7 Å². The van der Waals surface area contributed by atoms with E-state index in [4.69, 9.17) is 9.47 Å². The molecule has 2 aromatic rings. The molecule has 0 bridgehead atoms. The molecule has 0 radical (unpaired) electrons. The van der Waals surface area contributed by atoms with Gasteiger partial charge in [0.05, 0.1) is 17.0 Å². The zero-order valence-electron chi connectivity index (χ0n) is 12.8. The van der Waals surface area contributed by atoms with E-state index >= 15 is 0 Å². The molecule has 0 atom stereocenters. The number of nitro benzene ring substituents is 1. The molecule has 0 aliphatic heterocycles. The quantitative estimate of drug-likeness (QED) is 0.379. The Morgan fingerprint density at radius 3 is 2.70 bits per heavy atom. The van der Waals surface area contributed by atoms with Gasteiger partial charge in [0.15, 0.2) is 5.75 Å². The average molecular weight is 320 g/mol. The molecular weight excluding hydrogens is 304 g/mol. The zero-order chi connectivity index (χ0) is 17.0. The summed E-state index contributed by atoms with van der Waals surface area (Å²) in [4.78, 5) is 36.1. The van der Waals surface area contributed by atoms with E-state index in [2.05, 4.69) is 4.98 Å². The lowest BCUT2D eigenvalue weighted by molar-refractivity contribution is -0.384. The summed E-state index contributed by atoms with van der Waals surface area (Å²) < 4.78 is 10.6. The molecule has 0 aliphatic rings. The number of carbonyl (C=O) groups is 1. The third-order valence-electron chi connectivity index (χ3n) is 3.11. The number of esters is 1. The molecule has 8 nitrogen and oxygen atoms in total. The summed E-state index contributed by atoms with van der Waals surface area (Å²) >= 11 is 0. The summed E-state index contributed by atoms with van der Waals surface area (Å²) in [6.07, 6.45) is 1.64. The van der Waals surface area contributed by atoms with E-state index in [0.29, 0.717) is 12.0 Å². The lowest BCUT2D eigenvalue weighted by atomic mass is 10.1. The fraction of sp³-hybridized carbons (Fsp3) is 0.333. The van der Waals surface area contributed by atoms with Crippen LogP contribution in [0.3, 0.4) is 0 Å². The summed E-state index contributed by atoms with van der Waals surface area (Å²) in [5.41, 5.74) is -0.598. The largest absolute Gasteiger partial charge is 0.489 e. The van der Waals surface area contributed by atoms with E-state index in [1.165, 1.54) is 25.1 Å². The van der Waals surface area contributed by atoms with Gasteiger partial charge in [-0.3, -0.25) is 19.7 Å². The summed E-state index contributed by atoms with van der Waals surface area (Å²) in [7, 11) is 0. The third-order valence-corrected chi connectivity index (χ3v) is 3.11. The zero-order valence-corrected chi connectivity index (χ0v) is 12.8. The molecule has 23 heavy (non-hydrogen) atoms. The predicted molar refractivity (Wildman–Crippen MR) is 82.9 cm³/mol. The Hall–Kier alpha value is -2.90. The van der Waals surface area contributed by atoms with Gasteiger partial charge in [-0.25, -0.2) is 0 Å². The molecule has 122 valence electrons. The monoisotopic (exact) mass is 320 g/mol. The van der Waals surface area contributed by atoms with Crippen LogP contribution < -0.4 is 15.0 Å². The number of unbranched alkanes of at least 4 members (excludes halogenated alkanes) is 1. The van der Waals surface area contributed by atoms with E-state index in [1.807, 2.05) is 6.92 Å². The van der Waals surface area contributed by atoms with Crippen LogP contribution >= 0.6 is 0 Å².